The van der Waals surface area contributed by atoms with Gasteiger partial charge in [-0.1, -0.05) is 0 Å². The van der Waals surface area contributed by atoms with Crippen molar-refractivity contribution in [3.63, 3.8) is 0 Å². The van der Waals surface area contributed by atoms with E-state index in [1.54, 1.807) is 23.1 Å². The molecule has 0 aliphatic carbocycles. The molecule has 13 heavy (non-hydrogen) atoms. The summed E-state index contributed by atoms with van der Waals surface area (Å²) in [4.78, 5) is 8.47. The summed E-state index contributed by atoms with van der Waals surface area (Å²) in [6.07, 6.45) is 5.28. The minimum Gasteiger partial charge on any atom is -0.236 e. The van der Waals surface area contributed by atoms with Crippen molar-refractivity contribution in [2.45, 2.75) is 0 Å². The highest BCUT2D eigenvalue weighted by atomic mass is 15.3. The molecule has 0 amide bonds. The minimum atomic E-state index is 0.825. The summed E-state index contributed by atoms with van der Waals surface area (Å²) in [5.41, 5.74) is 1.67. The van der Waals surface area contributed by atoms with Gasteiger partial charge in [0, 0.05) is 23.8 Å². The van der Waals surface area contributed by atoms with Crippen LogP contribution in [0.5, 0.6) is 0 Å². The van der Waals surface area contributed by atoms with Gasteiger partial charge in [0.2, 0.25) is 0 Å². The SMILES string of the molecule is c1cnc2c(c1)cnc1ccnn12. The van der Waals surface area contributed by atoms with Crippen LogP contribution in [0.4, 0.5) is 0 Å². The molecule has 0 bridgehead atoms. The van der Waals surface area contributed by atoms with E-state index in [4.69, 9.17) is 0 Å². The first-order chi connectivity index (χ1) is 6.45. The molecule has 0 radical (unpaired) electrons. The monoisotopic (exact) mass is 170 g/mol. The quantitative estimate of drug-likeness (QED) is 0.510. The van der Waals surface area contributed by atoms with Crippen LogP contribution in [0.3, 0.4) is 0 Å². The van der Waals surface area contributed by atoms with E-state index >= 15 is 0 Å². The fourth-order valence-corrected chi connectivity index (χ4v) is 1.38. The molecule has 3 heterocycles. The average molecular weight is 170 g/mol. The van der Waals surface area contributed by atoms with E-state index in [0.717, 1.165) is 16.7 Å². The van der Waals surface area contributed by atoms with Crippen LogP contribution in [-0.4, -0.2) is 19.6 Å². The second-order valence-electron chi connectivity index (χ2n) is 2.78. The second-order valence-corrected chi connectivity index (χ2v) is 2.78. The number of pyridine rings is 1. The fraction of sp³-hybridized carbons (Fsp3) is 0. The van der Waals surface area contributed by atoms with E-state index in [1.807, 2.05) is 18.2 Å². The molecule has 0 aromatic carbocycles. The van der Waals surface area contributed by atoms with Crippen LogP contribution in [-0.2, 0) is 0 Å². The van der Waals surface area contributed by atoms with Crippen molar-refractivity contribution in [3.05, 3.63) is 36.8 Å². The molecule has 3 rings (SSSR count). The van der Waals surface area contributed by atoms with Crippen molar-refractivity contribution in [2.24, 2.45) is 0 Å². The van der Waals surface area contributed by atoms with E-state index in [2.05, 4.69) is 15.1 Å². The Morgan fingerprint density at radius 3 is 3.08 bits per heavy atom. The Morgan fingerprint density at radius 1 is 1.08 bits per heavy atom. The largest absolute Gasteiger partial charge is 0.236 e. The van der Waals surface area contributed by atoms with Crippen molar-refractivity contribution in [1.82, 2.24) is 19.6 Å². The zero-order valence-corrected chi connectivity index (χ0v) is 6.75. The number of aromatic nitrogens is 4. The smallest absolute Gasteiger partial charge is 0.164 e. The maximum absolute atomic E-state index is 4.24. The number of hydrogen-bond donors (Lipinski definition) is 0. The lowest BCUT2D eigenvalue weighted by Crippen LogP contribution is -1.93. The van der Waals surface area contributed by atoms with Crippen LogP contribution < -0.4 is 0 Å². The molecule has 0 aliphatic heterocycles. The summed E-state index contributed by atoms with van der Waals surface area (Å²) in [5.74, 6) is 0. The first kappa shape index (κ1) is 6.54. The molecule has 0 saturated carbocycles. The first-order valence-electron chi connectivity index (χ1n) is 3.99. The zero-order chi connectivity index (χ0) is 8.67. The Bertz CT molecular complexity index is 570. The third-order valence-electron chi connectivity index (χ3n) is 1.98. The summed E-state index contributed by atoms with van der Waals surface area (Å²) < 4.78 is 1.73. The predicted octanol–water partition coefficient (Wildman–Crippen LogP) is 1.28. The van der Waals surface area contributed by atoms with Gasteiger partial charge in [-0.25, -0.2) is 9.97 Å². The van der Waals surface area contributed by atoms with Crippen molar-refractivity contribution < 1.29 is 0 Å². The van der Waals surface area contributed by atoms with Crippen LogP contribution in [0.2, 0.25) is 0 Å². The molecule has 0 aliphatic rings. The Kier molecular flexibility index (Phi) is 1.14. The summed E-state index contributed by atoms with van der Waals surface area (Å²) in [5, 5.41) is 5.14. The van der Waals surface area contributed by atoms with Gasteiger partial charge in [-0.2, -0.15) is 9.61 Å². The van der Waals surface area contributed by atoms with Gasteiger partial charge < -0.3 is 0 Å². The van der Waals surface area contributed by atoms with E-state index in [-0.39, 0.29) is 0 Å². The summed E-state index contributed by atoms with van der Waals surface area (Å²) >= 11 is 0. The molecule has 0 N–H and O–H groups in total. The summed E-state index contributed by atoms with van der Waals surface area (Å²) in [7, 11) is 0. The third kappa shape index (κ3) is 0.823. The molecule has 4 heteroatoms. The highest BCUT2D eigenvalue weighted by Gasteiger charge is 2.00. The van der Waals surface area contributed by atoms with E-state index in [0.29, 0.717) is 0 Å². The third-order valence-corrected chi connectivity index (χ3v) is 1.98. The molecule has 0 spiro atoms. The van der Waals surface area contributed by atoms with Gasteiger partial charge in [-0.15, -0.1) is 0 Å². The highest BCUT2D eigenvalue weighted by molar-refractivity contribution is 5.75. The van der Waals surface area contributed by atoms with Crippen LogP contribution in [0.15, 0.2) is 36.8 Å². The Balaban J connectivity index is 2.65. The van der Waals surface area contributed by atoms with Crippen molar-refractivity contribution in [1.29, 1.82) is 0 Å². The van der Waals surface area contributed by atoms with Crippen molar-refractivity contribution in [3.8, 4) is 0 Å². The summed E-state index contributed by atoms with van der Waals surface area (Å²) in [6.45, 7) is 0. The maximum atomic E-state index is 4.24. The molecular weight excluding hydrogens is 164 g/mol. The molecule has 0 unspecified atom stereocenters. The van der Waals surface area contributed by atoms with Crippen LogP contribution in [0.1, 0.15) is 0 Å². The molecule has 0 fully saturated rings. The number of nitrogens with zero attached hydrogens (tertiary/aromatic N) is 4. The van der Waals surface area contributed by atoms with E-state index in [9.17, 15) is 0 Å². The fourth-order valence-electron chi connectivity index (χ4n) is 1.38. The molecular formula is C9H6N4. The first-order valence-corrected chi connectivity index (χ1v) is 3.99. The second kappa shape index (κ2) is 2.26. The molecule has 62 valence electrons. The Hall–Kier alpha value is -1.97. The van der Waals surface area contributed by atoms with Gasteiger partial charge in [0.15, 0.2) is 11.3 Å². The van der Waals surface area contributed by atoms with Gasteiger partial charge >= 0.3 is 0 Å². The van der Waals surface area contributed by atoms with Gasteiger partial charge in [0.05, 0.1) is 6.20 Å². The lowest BCUT2D eigenvalue weighted by atomic mass is 10.3. The maximum Gasteiger partial charge on any atom is 0.164 e. The van der Waals surface area contributed by atoms with Gasteiger partial charge in [-0.3, -0.25) is 0 Å². The molecule has 3 aromatic rings. The van der Waals surface area contributed by atoms with Crippen LogP contribution in [0, 0.1) is 0 Å². The number of rotatable bonds is 0. The van der Waals surface area contributed by atoms with Crippen LogP contribution >= 0.6 is 0 Å². The van der Waals surface area contributed by atoms with E-state index < -0.39 is 0 Å². The summed E-state index contributed by atoms with van der Waals surface area (Å²) in [6, 6.07) is 5.71. The van der Waals surface area contributed by atoms with Gasteiger partial charge in [-0.05, 0) is 12.1 Å². The normalized spacial score (nSPS) is 11.1. The number of fused-ring (bicyclic) bond motifs is 3. The minimum absolute atomic E-state index is 0.825. The highest BCUT2D eigenvalue weighted by Crippen LogP contribution is 2.10. The zero-order valence-electron chi connectivity index (χ0n) is 6.75. The lowest BCUT2D eigenvalue weighted by molar-refractivity contribution is 0.963. The van der Waals surface area contributed by atoms with E-state index in [1.165, 1.54) is 0 Å². The predicted molar refractivity (Wildman–Crippen MR) is 48.3 cm³/mol. The van der Waals surface area contributed by atoms with Crippen molar-refractivity contribution in [2.75, 3.05) is 0 Å². The van der Waals surface area contributed by atoms with Gasteiger partial charge in [0.25, 0.3) is 0 Å². The standard InChI is InChI=1S/C9H6N4/c1-2-7-6-11-8-3-5-12-13(8)9(7)10-4-1/h1-6H. The lowest BCUT2D eigenvalue weighted by Gasteiger charge is -1.97. The Morgan fingerprint density at radius 2 is 2.08 bits per heavy atom. The Labute approximate surface area is 73.9 Å². The molecule has 4 nitrogen and oxygen atoms in total. The van der Waals surface area contributed by atoms with Gasteiger partial charge in [0.1, 0.15) is 0 Å². The molecule has 0 saturated heterocycles. The number of hydrogen-bond acceptors (Lipinski definition) is 3. The average Bonchev–Trinajstić information content (AvgIpc) is 2.65. The molecule has 3 aromatic heterocycles. The molecule has 0 atom stereocenters. The topological polar surface area (TPSA) is 43.1 Å². The van der Waals surface area contributed by atoms with Crippen molar-refractivity contribution >= 4 is 16.7 Å². The van der Waals surface area contributed by atoms with Crippen LogP contribution in [0.25, 0.3) is 16.7 Å².